The number of amides is 4. The van der Waals surface area contributed by atoms with Crippen LogP contribution in [0.5, 0.6) is 0 Å². The molecule has 4 amide bonds. The van der Waals surface area contributed by atoms with Crippen LogP contribution in [0.2, 0.25) is 0 Å². The van der Waals surface area contributed by atoms with Crippen molar-refractivity contribution < 1.29 is 65.1 Å². The van der Waals surface area contributed by atoms with Crippen LogP contribution in [-0.2, 0) is 24.0 Å². The number of hydrogen-bond donors (Lipinski definition) is 8. The van der Waals surface area contributed by atoms with Crippen LogP contribution < -0.4 is 20.3 Å². The molecule has 0 aromatic heterocycles. The van der Waals surface area contributed by atoms with Crippen LogP contribution in [0, 0.1) is 0 Å². The van der Waals surface area contributed by atoms with E-state index in [9.17, 15) is 44.8 Å². The van der Waals surface area contributed by atoms with E-state index in [2.05, 4.69) is 207 Å². The van der Waals surface area contributed by atoms with Crippen LogP contribution in [-0.4, -0.2) is 209 Å². The van der Waals surface area contributed by atoms with E-state index >= 15 is 0 Å². The highest BCUT2D eigenvalue weighted by atomic mass is 16.5. The zero-order valence-corrected chi connectivity index (χ0v) is 72.7. The van der Waals surface area contributed by atoms with E-state index in [-0.39, 0.29) is 162 Å². The summed E-state index contributed by atoms with van der Waals surface area (Å²) >= 11 is 0. The average Bonchev–Trinajstić information content (AvgIpc) is 0.760. The van der Waals surface area contributed by atoms with Crippen molar-refractivity contribution in [3.8, 4) is 0 Å². The smallest absolute Gasteiger partial charge is 0.238 e. The van der Waals surface area contributed by atoms with E-state index < -0.39 is 0 Å². The Kier molecular flexibility index (Phi) is 38.3. The number of hydroxylamine groups is 8. The Morgan fingerprint density at radius 3 is 0.856 bits per heavy atom. The number of nitrogens with zero attached hydrogens (tertiary/aromatic N) is 6. The van der Waals surface area contributed by atoms with Gasteiger partial charge in [-0.05, 0) is 329 Å². The number of imide groups is 2. The van der Waals surface area contributed by atoms with E-state index in [1.165, 1.54) is 41.1 Å². The van der Waals surface area contributed by atoms with Gasteiger partial charge < -0.3 is 0 Å². The van der Waals surface area contributed by atoms with Gasteiger partial charge in [0.05, 0.1) is 18.9 Å². The van der Waals surface area contributed by atoms with Crippen molar-refractivity contribution in [1.29, 1.82) is 0 Å². The number of rotatable bonds is 2. The zero-order chi connectivity index (χ0) is 79.7. The van der Waals surface area contributed by atoms with Gasteiger partial charge in [-0.3, -0.25) is 53.4 Å². The van der Waals surface area contributed by atoms with Crippen LogP contribution >= 0.6 is 0 Å². The monoisotopic (exact) mass is 1490 g/mol. The third-order valence-corrected chi connectivity index (χ3v) is 23.9. The molecular formula is C85H180N10O9+4. The number of ketones is 1. The quantitative estimate of drug-likeness (QED) is 0.0562. The number of hydrogen-bond acceptors (Lipinski definition) is 13. The number of carbonyl (C=O) groups is 5. The molecule has 0 spiro atoms. The van der Waals surface area contributed by atoms with Crippen molar-refractivity contribution >= 4 is 29.4 Å². The summed E-state index contributed by atoms with van der Waals surface area (Å²) < 4.78 is 0. The zero-order valence-electron chi connectivity index (χ0n) is 72.7. The van der Waals surface area contributed by atoms with Gasteiger partial charge in [-0.25, -0.2) is 20.8 Å². The topological polar surface area (TPSA) is 203 Å². The van der Waals surface area contributed by atoms with Crippen molar-refractivity contribution in [3.63, 3.8) is 0 Å². The first-order valence-corrected chi connectivity index (χ1v) is 38.0. The van der Waals surface area contributed by atoms with E-state index in [1.54, 1.807) is 0 Å². The highest BCUT2D eigenvalue weighted by Gasteiger charge is 2.56. The highest BCUT2D eigenvalue weighted by Crippen LogP contribution is 2.42. The Balaban J connectivity index is -0.000000551. The van der Waals surface area contributed by atoms with Crippen LogP contribution in [0.25, 0.3) is 0 Å². The average molecular weight is 1490 g/mol. The van der Waals surface area contributed by atoms with E-state index in [1.807, 2.05) is 96.9 Å². The third kappa shape index (κ3) is 29.1. The number of piperidine rings is 6. The van der Waals surface area contributed by atoms with Gasteiger partial charge in [-0.1, -0.05) is 41.9 Å². The van der Waals surface area contributed by atoms with Crippen molar-refractivity contribution in [2.45, 2.75) is 482 Å². The van der Waals surface area contributed by atoms with Crippen molar-refractivity contribution in [1.82, 2.24) is 29.4 Å². The summed E-state index contributed by atoms with van der Waals surface area (Å²) in [5, 5.41) is 41.8. The summed E-state index contributed by atoms with van der Waals surface area (Å²) in [4.78, 5) is 69.9. The standard InChI is InChI=1S/C13H22N2O2.C12H20N2O3.C11H21N.C10H21N.C9H17NO2.C9H19NO.C9H21N.C8H19NO.4CH4/c1-12(2)7-9(8-13(3,4)14(12)5)15-10(16)6-11(15)17;1-11(2)6-8(7-12(3,4)14(11)17)13-9(15)5-10(13)16;1-9-7-10(2,3)12(6)11(4,5)8-9;1-9(2)7-6-8-10(3,4)11(9)5;1-8(2)5-7(11)6-9(3,4)10(8)12;1-8(2)6-5-7-9(3,4)10(8)11;1-8(2,3)10(7)9(4,5)6;1-7(2,3)9(10)8(4,5)6;;;;/h9H,6-8H2,1-5H3;8,17H,5-7H2,1-4H3;1,7-8H2,2-6H3;6-8H2,1-5H3;12H,5-6H2,1-4H3;11H,5-7H2,1-4H3;1-7H3;10H,1-6H3;4*1H4/p+4. The predicted molar refractivity (Wildman–Crippen MR) is 436 cm³/mol. The highest BCUT2D eigenvalue weighted by molar-refractivity contribution is 6.15. The minimum atomic E-state index is -0.345. The molecule has 8 fully saturated rings. The summed E-state index contributed by atoms with van der Waals surface area (Å²) in [6.45, 7) is 80.9. The van der Waals surface area contributed by atoms with E-state index in [4.69, 9.17) is 0 Å². The van der Waals surface area contributed by atoms with Gasteiger partial charge in [0, 0.05) is 76.0 Å². The van der Waals surface area contributed by atoms with Crippen LogP contribution in [0.1, 0.15) is 382 Å². The molecule has 0 aromatic carbocycles. The van der Waals surface area contributed by atoms with Gasteiger partial charge in [-0.15, -0.1) is 0 Å². The first kappa shape index (κ1) is 108. The lowest BCUT2D eigenvalue weighted by Gasteiger charge is -2.56. The van der Waals surface area contributed by atoms with Gasteiger partial charge in [0.15, 0.2) is 0 Å². The van der Waals surface area contributed by atoms with Gasteiger partial charge in [-0.2, -0.15) is 20.3 Å². The Labute approximate surface area is 643 Å². The maximum atomic E-state index is 11.5. The van der Waals surface area contributed by atoms with Gasteiger partial charge in [0.1, 0.15) is 62.9 Å². The lowest BCUT2D eigenvalue weighted by atomic mass is 9.76. The van der Waals surface area contributed by atoms with Gasteiger partial charge in [0.2, 0.25) is 23.6 Å². The number of carbonyl (C=O) groups excluding carboxylic acids is 5. The van der Waals surface area contributed by atoms with Crippen LogP contribution in [0.15, 0.2) is 12.2 Å². The summed E-state index contributed by atoms with van der Waals surface area (Å²) in [6.07, 6.45) is 14.0. The van der Waals surface area contributed by atoms with E-state index in [0.29, 0.717) is 57.0 Å². The molecule has 104 heavy (non-hydrogen) atoms. The molecule has 8 rings (SSSR count). The molecule has 620 valence electrons. The molecule has 0 atom stereocenters. The second kappa shape index (κ2) is 37.0. The first-order valence-electron chi connectivity index (χ1n) is 38.0. The van der Waals surface area contributed by atoms with Gasteiger partial charge in [0.25, 0.3) is 0 Å². The molecule has 0 bridgehead atoms. The minimum absolute atomic E-state index is 0. The second-order valence-electron chi connectivity index (χ2n) is 43.1. The molecule has 8 aliphatic rings. The van der Waals surface area contributed by atoms with Crippen LogP contribution in [0.4, 0.5) is 0 Å². The molecule has 8 saturated heterocycles. The molecule has 0 unspecified atom stereocenters. The van der Waals surface area contributed by atoms with Gasteiger partial charge >= 0.3 is 0 Å². The number of likely N-dealkylation sites (tertiary alicyclic amines) is 5. The number of Topliss-reactive ketones (excluding diaryl/α,β-unsaturated/α-hetero) is 1. The number of quaternary nitrogens is 4. The first-order chi connectivity index (χ1) is 43.8. The molecule has 0 aliphatic carbocycles. The Hall–Kier alpha value is -2.79. The summed E-state index contributed by atoms with van der Waals surface area (Å²) in [5.74, 6) is 0.0936. The number of β-lactam (4-membered cyclic amide) rings is 4. The third-order valence-electron chi connectivity index (χ3n) is 23.9. The summed E-state index contributed by atoms with van der Waals surface area (Å²) in [6, 6.07) is 0.00889. The maximum absolute atomic E-state index is 11.5. The normalized spacial score (nSPS) is 26.5. The minimum Gasteiger partial charge on any atom is -0.299 e. The van der Waals surface area contributed by atoms with Crippen molar-refractivity contribution in [3.05, 3.63) is 12.2 Å². The largest absolute Gasteiger partial charge is 0.299 e. The Morgan fingerprint density at radius 2 is 0.625 bits per heavy atom. The fourth-order valence-electron chi connectivity index (χ4n) is 17.4. The number of nitrogens with one attached hydrogen (secondary N) is 4. The lowest BCUT2D eigenvalue weighted by molar-refractivity contribution is -1.16. The van der Waals surface area contributed by atoms with Crippen LogP contribution in [0.3, 0.4) is 0 Å². The second-order valence-corrected chi connectivity index (χ2v) is 43.1. The Bertz CT molecular complexity index is 2400. The molecule has 8 aliphatic heterocycles. The van der Waals surface area contributed by atoms with E-state index in [0.717, 1.165) is 38.5 Å². The molecule has 19 nitrogen and oxygen atoms in total. The predicted octanol–water partition coefficient (Wildman–Crippen LogP) is 13.7. The molecule has 0 aromatic rings. The fraction of sp³-hybridized carbons (Fsp3) is 0.918. The Morgan fingerprint density at radius 1 is 0.385 bits per heavy atom. The summed E-state index contributed by atoms with van der Waals surface area (Å²) in [5.41, 5.74) is 1.90. The molecular weight excluding hydrogens is 1300 g/mol. The lowest BCUT2D eigenvalue weighted by Crippen LogP contribution is -3.25. The summed E-state index contributed by atoms with van der Waals surface area (Å²) in [7, 11) is 8.75. The molecule has 8 N–H and O–H groups in total. The molecule has 0 saturated carbocycles. The SMILES string of the molecule is C.C.C.C.C=C1CC(C)(C)N(C)C(C)(C)C1.CC(C)(C)[NH+](O)C(C)(C)C.CC1(C)CC(=O)CC(C)(C)[NH+]1O.CC1(C)CC(N2C(=O)CC2=O)CC(C)(C)[NH+]1O.CC1(C)CCCC(C)(C)[NH+]1O.CN(C(C)(C)C)C(C)(C)C.CN1C(C)(C)CC(N2C(=O)CC2=O)CC1(C)C.CN1C(C)(C)CCCC1(C)C. The molecule has 0 radical (unpaired) electrons. The van der Waals surface area contributed by atoms with Crippen molar-refractivity contribution in [2.24, 2.45) is 0 Å². The molecule has 8 heterocycles. The fourth-order valence-corrected chi connectivity index (χ4v) is 17.4. The maximum Gasteiger partial charge on any atom is 0.238 e. The van der Waals surface area contributed by atoms with Crippen molar-refractivity contribution in [2.75, 3.05) is 28.2 Å². The molecule has 19 heteroatoms.